The van der Waals surface area contributed by atoms with Gasteiger partial charge in [-0.25, -0.2) is 4.79 Å². The first-order valence-electron chi connectivity index (χ1n) is 8.59. The van der Waals surface area contributed by atoms with Gasteiger partial charge in [-0.05, 0) is 49.3 Å². The minimum Gasteiger partial charge on any atom is -0.479 e. The predicted molar refractivity (Wildman–Crippen MR) is 101 cm³/mol. The van der Waals surface area contributed by atoms with Crippen LogP contribution in [0.25, 0.3) is 0 Å². The Bertz CT molecular complexity index is 704. The second-order valence-electron chi connectivity index (χ2n) is 6.78. The van der Waals surface area contributed by atoms with Gasteiger partial charge in [0.05, 0.1) is 5.92 Å². The summed E-state index contributed by atoms with van der Waals surface area (Å²) in [5.41, 5.74) is -0.644. The number of thioether (sulfide) groups is 1. The van der Waals surface area contributed by atoms with Crippen molar-refractivity contribution in [3.05, 3.63) is 34.9 Å². The van der Waals surface area contributed by atoms with Crippen LogP contribution in [0.1, 0.15) is 29.6 Å². The van der Waals surface area contributed by atoms with Gasteiger partial charge in [0.2, 0.25) is 5.91 Å². The fraction of sp³-hybridized carbons (Fsp3) is 0.500. The smallest absolute Gasteiger partial charge is 0.330 e. The number of nitrogens with zero attached hydrogens (tertiary/aromatic N) is 1. The van der Waals surface area contributed by atoms with E-state index in [1.165, 1.54) is 11.8 Å². The highest BCUT2D eigenvalue weighted by atomic mass is 35.5. The molecule has 0 radical (unpaired) electrons. The maximum atomic E-state index is 12.7. The van der Waals surface area contributed by atoms with Crippen molar-refractivity contribution in [2.75, 3.05) is 24.6 Å². The fourth-order valence-electron chi connectivity index (χ4n) is 3.37. The Balaban J connectivity index is 1.66. The van der Waals surface area contributed by atoms with E-state index in [-0.39, 0.29) is 17.7 Å². The van der Waals surface area contributed by atoms with Gasteiger partial charge in [-0.2, -0.15) is 11.8 Å². The molecule has 6 nitrogen and oxygen atoms in total. The number of carboxylic acids is 1. The van der Waals surface area contributed by atoms with E-state index in [1.54, 1.807) is 29.2 Å². The molecule has 8 heteroatoms. The highest BCUT2D eigenvalue weighted by Crippen LogP contribution is 2.29. The summed E-state index contributed by atoms with van der Waals surface area (Å²) in [5, 5.41) is 12.8. The SMILES string of the molecule is O=C(NC1(C(=O)O)CCSC1)C1CCCN(C(=O)c2ccc(Cl)cc2)C1. The molecule has 0 bridgehead atoms. The van der Waals surface area contributed by atoms with Gasteiger partial charge in [-0.15, -0.1) is 0 Å². The number of benzene rings is 1. The number of carbonyl (C=O) groups is 3. The third-order valence-electron chi connectivity index (χ3n) is 4.96. The topological polar surface area (TPSA) is 86.7 Å². The summed E-state index contributed by atoms with van der Waals surface area (Å²) in [5.74, 6) is -0.679. The second-order valence-corrected chi connectivity index (χ2v) is 8.32. The summed E-state index contributed by atoms with van der Waals surface area (Å²) < 4.78 is 0. The standard InChI is InChI=1S/C18H21ClN2O4S/c19-14-5-3-12(4-6-14)16(23)21-8-1-2-13(10-21)15(22)20-18(17(24)25)7-9-26-11-18/h3-6,13H,1-2,7-11H2,(H,20,22)(H,24,25). The van der Waals surface area contributed by atoms with Gasteiger partial charge in [-0.3, -0.25) is 9.59 Å². The van der Waals surface area contributed by atoms with Crippen molar-refractivity contribution in [2.45, 2.75) is 24.8 Å². The third-order valence-corrected chi connectivity index (χ3v) is 6.41. The summed E-state index contributed by atoms with van der Waals surface area (Å²) in [6.07, 6.45) is 1.80. The van der Waals surface area contributed by atoms with Crippen LogP contribution in [0.4, 0.5) is 0 Å². The summed E-state index contributed by atoms with van der Waals surface area (Å²) in [6, 6.07) is 6.67. The zero-order chi connectivity index (χ0) is 18.7. The Morgan fingerprint density at radius 2 is 2.00 bits per heavy atom. The maximum Gasteiger partial charge on any atom is 0.330 e. The number of halogens is 1. The highest BCUT2D eigenvalue weighted by molar-refractivity contribution is 7.99. The molecule has 140 valence electrons. The molecule has 26 heavy (non-hydrogen) atoms. The zero-order valence-corrected chi connectivity index (χ0v) is 15.8. The number of carbonyl (C=O) groups excluding carboxylic acids is 2. The molecule has 2 amide bonds. The average Bonchev–Trinajstić information content (AvgIpc) is 3.12. The van der Waals surface area contributed by atoms with Gasteiger partial charge in [0.15, 0.2) is 0 Å². The predicted octanol–water partition coefficient (Wildman–Crippen LogP) is 2.27. The molecule has 3 rings (SSSR count). The van der Waals surface area contributed by atoms with Crippen molar-refractivity contribution in [1.29, 1.82) is 0 Å². The van der Waals surface area contributed by atoms with Crippen LogP contribution in [-0.2, 0) is 9.59 Å². The minimum absolute atomic E-state index is 0.136. The van der Waals surface area contributed by atoms with Crippen LogP contribution < -0.4 is 5.32 Å². The number of piperidine rings is 1. The van der Waals surface area contributed by atoms with Gasteiger partial charge in [0.25, 0.3) is 5.91 Å². The summed E-state index contributed by atoms with van der Waals surface area (Å²) >= 11 is 7.39. The number of hydrogen-bond donors (Lipinski definition) is 2. The molecule has 2 aliphatic rings. The lowest BCUT2D eigenvalue weighted by Crippen LogP contribution is -2.57. The van der Waals surface area contributed by atoms with Crippen LogP contribution in [0.2, 0.25) is 5.02 Å². The largest absolute Gasteiger partial charge is 0.479 e. The van der Waals surface area contributed by atoms with Gasteiger partial charge in [0.1, 0.15) is 5.54 Å². The molecular formula is C18H21ClN2O4S. The zero-order valence-electron chi connectivity index (χ0n) is 14.2. The van der Waals surface area contributed by atoms with Crippen LogP contribution in [0.15, 0.2) is 24.3 Å². The van der Waals surface area contributed by atoms with E-state index < -0.39 is 11.5 Å². The molecule has 0 aliphatic carbocycles. The molecule has 0 saturated carbocycles. The van der Waals surface area contributed by atoms with Crippen molar-refractivity contribution < 1.29 is 19.5 Å². The van der Waals surface area contributed by atoms with E-state index in [1.807, 2.05) is 0 Å². The summed E-state index contributed by atoms with van der Waals surface area (Å²) in [7, 11) is 0. The maximum absolute atomic E-state index is 12.7. The molecule has 2 fully saturated rings. The average molecular weight is 397 g/mol. The van der Waals surface area contributed by atoms with Crippen LogP contribution in [-0.4, -0.2) is 57.9 Å². The van der Waals surface area contributed by atoms with E-state index in [0.717, 1.165) is 5.75 Å². The van der Waals surface area contributed by atoms with Gasteiger partial charge in [0, 0.05) is 29.4 Å². The van der Waals surface area contributed by atoms with E-state index >= 15 is 0 Å². The molecule has 0 aromatic heterocycles. The van der Waals surface area contributed by atoms with Crippen LogP contribution in [0.3, 0.4) is 0 Å². The van der Waals surface area contributed by atoms with Crippen molar-refractivity contribution in [1.82, 2.24) is 10.2 Å². The molecule has 2 N–H and O–H groups in total. The normalized spacial score (nSPS) is 25.7. The number of carboxylic acid groups (broad SMARTS) is 1. The van der Waals surface area contributed by atoms with Crippen LogP contribution in [0.5, 0.6) is 0 Å². The van der Waals surface area contributed by atoms with Gasteiger partial charge in [-0.1, -0.05) is 11.6 Å². The first-order valence-corrected chi connectivity index (χ1v) is 10.1. The Morgan fingerprint density at radius 3 is 2.62 bits per heavy atom. The molecule has 2 unspecified atom stereocenters. The minimum atomic E-state index is -1.18. The van der Waals surface area contributed by atoms with Crippen molar-refractivity contribution in [3.63, 3.8) is 0 Å². The molecule has 2 heterocycles. The summed E-state index contributed by atoms with van der Waals surface area (Å²) in [4.78, 5) is 38.6. The molecule has 2 saturated heterocycles. The van der Waals surface area contributed by atoms with E-state index in [4.69, 9.17) is 11.6 Å². The molecule has 0 spiro atoms. The van der Waals surface area contributed by atoms with E-state index in [2.05, 4.69) is 5.32 Å². The van der Waals surface area contributed by atoms with Gasteiger partial charge >= 0.3 is 5.97 Å². The number of hydrogen-bond acceptors (Lipinski definition) is 4. The quantitative estimate of drug-likeness (QED) is 0.815. The molecule has 2 atom stereocenters. The molecular weight excluding hydrogens is 376 g/mol. The van der Waals surface area contributed by atoms with E-state index in [0.29, 0.717) is 48.7 Å². The highest BCUT2D eigenvalue weighted by Gasteiger charge is 2.44. The molecule has 2 aliphatic heterocycles. The Kier molecular flexibility index (Phi) is 5.77. The number of amides is 2. The summed E-state index contributed by atoms with van der Waals surface area (Å²) in [6.45, 7) is 0.890. The number of nitrogens with one attached hydrogen (secondary N) is 1. The lowest BCUT2D eigenvalue weighted by Gasteiger charge is -2.34. The third kappa shape index (κ3) is 3.99. The van der Waals surface area contributed by atoms with Crippen LogP contribution >= 0.6 is 23.4 Å². The Morgan fingerprint density at radius 1 is 1.27 bits per heavy atom. The lowest BCUT2D eigenvalue weighted by molar-refractivity contribution is -0.147. The second kappa shape index (κ2) is 7.88. The van der Waals surface area contributed by atoms with Crippen molar-refractivity contribution in [2.24, 2.45) is 5.92 Å². The molecule has 1 aromatic carbocycles. The van der Waals surface area contributed by atoms with Crippen molar-refractivity contribution >= 4 is 41.1 Å². The van der Waals surface area contributed by atoms with Crippen LogP contribution in [0, 0.1) is 5.92 Å². The first kappa shape index (κ1) is 19.0. The molecule has 1 aromatic rings. The first-order chi connectivity index (χ1) is 12.4. The lowest BCUT2D eigenvalue weighted by atomic mass is 9.93. The number of likely N-dealkylation sites (tertiary alicyclic amines) is 1. The number of aliphatic carboxylic acids is 1. The fourth-order valence-corrected chi connectivity index (χ4v) is 4.83. The number of rotatable bonds is 4. The van der Waals surface area contributed by atoms with E-state index in [9.17, 15) is 19.5 Å². The Hall–Kier alpha value is -1.73. The Labute approximate surface area is 161 Å². The monoisotopic (exact) mass is 396 g/mol. The van der Waals surface area contributed by atoms with Gasteiger partial charge < -0.3 is 15.3 Å². The van der Waals surface area contributed by atoms with Crippen molar-refractivity contribution in [3.8, 4) is 0 Å².